The number of aromatic nitrogens is 2. The van der Waals surface area contributed by atoms with Crippen LogP contribution in [0.25, 0.3) is 11.0 Å². The molecule has 11 heteroatoms. The van der Waals surface area contributed by atoms with Crippen LogP contribution in [0.3, 0.4) is 0 Å². The summed E-state index contributed by atoms with van der Waals surface area (Å²) in [7, 11) is -1.70. The van der Waals surface area contributed by atoms with Gasteiger partial charge in [-0.1, -0.05) is 0 Å². The summed E-state index contributed by atoms with van der Waals surface area (Å²) in [5.41, 5.74) is 1.31. The van der Waals surface area contributed by atoms with Gasteiger partial charge in [0.05, 0.1) is 42.4 Å². The van der Waals surface area contributed by atoms with E-state index in [1.807, 2.05) is 11.6 Å². The van der Waals surface area contributed by atoms with Crippen molar-refractivity contribution in [3.05, 3.63) is 24.0 Å². The summed E-state index contributed by atoms with van der Waals surface area (Å²) in [5.74, 6) is 0.725. The summed E-state index contributed by atoms with van der Waals surface area (Å²) in [4.78, 5) is 19.8. The first-order valence-electron chi connectivity index (χ1n) is 11.8. The molecular formula is C23H35N5O5S. The number of carbonyl (C=O) groups excluding carboxylic acids is 1. The van der Waals surface area contributed by atoms with Gasteiger partial charge in [0.25, 0.3) is 0 Å². The zero-order valence-corrected chi connectivity index (χ0v) is 21.1. The highest BCUT2D eigenvalue weighted by molar-refractivity contribution is 7.89. The number of sulfonamides is 1. The summed E-state index contributed by atoms with van der Waals surface area (Å²) in [5, 5.41) is 3.06. The van der Waals surface area contributed by atoms with E-state index in [-0.39, 0.29) is 16.3 Å². The second-order valence-electron chi connectivity index (χ2n) is 9.44. The lowest BCUT2D eigenvalue weighted by Gasteiger charge is -2.40. The molecule has 1 aromatic carbocycles. The fourth-order valence-electron chi connectivity index (χ4n) is 4.46. The van der Waals surface area contributed by atoms with Gasteiger partial charge in [-0.05, 0) is 32.0 Å². The lowest BCUT2D eigenvalue weighted by atomic mass is 10.0. The van der Waals surface area contributed by atoms with Gasteiger partial charge < -0.3 is 19.4 Å². The predicted molar refractivity (Wildman–Crippen MR) is 128 cm³/mol. The molecular weight excluding hydrogens is 458 g/mol. The van der Waals surface area contributed by atoms with Crippen LogP contribution < -0.4 is 5.32 Å². The number of rotatable bonds is 8. The van der Waals surface area contributed by atoms with Crippen molar-refractivity contribution in [3.8, 4) is 0 Å². The van der Waals surface area contributed by atoms with Gasteiger partial charge >= 0.3 is 0 Å². The van der Waals surface area contributed by atoms with Crippen LogP contribution in [-0.2, 0) is 37.8 Å². The predicted octanol–water partition coefficient (Wildman–Crippen LogP) is 0.754. The van der Waals surface area contributed by atoms with Gasteiger partial charge in [-0.15, -0.1) is 0 Å². The van der Waals surface area contributed by atoms with Crippen LogP contribution in [0.1, 0.15) is 26.1 Å². The van der Waals surface area contributed by atoms with E-state index in [1.165, 1.54) is 4.31 Å². The first kappa shape index (κ1) is 25.1. The molecule has 34 heavy (non-hydrogen) atoms. The number of nitrogens with zero attached hydrogens (tertiary/aromatic N) is 4. The SMILES string of the molecule is Cn1c(CCC(=O)NCC(C)(C)N2CCOCC2)nc2cc(S(=O)(=O)N3CCOCC3)ccc21. The van der Waals surface area contributed by atoms with Gasteiger partial charge in [-0.2, -0.15) is 4.31 Å². The molecule has 0 aliphatic carbocycles. The zero-order chi connectivity index (χ0) is 24.3. The van der Waals surface area contributed by atoms with Crippen molar-refractivity contribution in [2.75, 3.05) is 59.2 Å². The van der Waals surface area contributed by atoms with E-state index in [9.17, 15) is 13.2 Å². The number of amides is 1. The molecule has 0 radical (unpaired) electrons. The van der Waals surface area contributed by atoms with Gasteiger partial charge in [-0.25, -0.2) is 13.4 Å². The lowest BCUT2D eigenvalue weighted by Crippen LogP contribution is -2.55. The molecule has 2 saturated heterocycles. The van der Waals surface area contributed by atoms with Crippen LogP contribution in [0.5, 0.6) is 0 Å². The normalized spacial score (nSPS) is 18.9. The summed E-state index contributed by atoms with van der Waals surface area (Å²) < 4.78 is 40.0. The first-order valence-corrected chi connectivity index (χ1v) is 13.3. The second-order valence-corrected chi connectivity index (χ2v) is 11.4. The van der Waals surface area contributed by atoms with Crippen LogP contribution in [0.2, 0.25) is 0 Å². The minimum absolute atomic E-state index is 0.0241. The van der Waals surface area contributed by atoms with E-state index in [1.54, 1.807) is 18.2 Å². The fraction of sp³-hybridized carbons (Fsp3) is 0.652. The van der Waals surface area contributed by atoms with E-state index in [2.05, 4.69) is 29.0 Å². The Morgan fingerprint density at radius 1 is 1.09 bits per heavy atom. The Hall–Kier alpha value is -2.05. The third kappa shape index (κ3) is 5.44. The molecule has 1 aromatic heterocycles. The monoisotopic (exact) mass is 493 g/mol. The summed E-state index contributed by atoms with van der Waals surface area (Å²) in [6.07, 6.45) is 0.788. The Bertz CT molecular complexity index is 1120. The third-order valence-electron chi connectivity index (χ3n) is 6.71. The maximum Gasteiger partial charge on any atom is 0.243 e. The van der Waals surface area contributed by atoms with Crippen molar-refractivity contribution in [1.82, 2.24) is 24.1 Å². The van der Waals surface area contributed by atoms with Crippen LogP contribution in [0.4, 0.5) is 0 Å². The molecule has 2 aliphatic rings. The Morgan fingerprint density at radius 2 is 1.74 bits per heavy atom. The fourth-order valence-corrected chi connectivity index (χ4v) is 5.89. The van der Waals surface area contributed by atoms with E-state index in [0.717, 1.165) is 37.6 Å². The molecule has 10 nitrogen and oxygen atoms in total. The Kier molecular flexibility index (Phi) is 7.58. The molecule has 4 rings (SSSR count). The summed E-state index contributed by atoms with van der Waals surface area (Å²) >= 11 is 0. The molecule has 2 aliphatic heterocycles. The van der Waals surface area contributed by atoms with Crippen molar-refractivity contribution in [3.63, 3.8) is 0 Å². The number of ether oxygens (including phenoxy) is 2. The standard InChI is InChI=1S/C23H35N5O5S/c1-23(2,27-8-12-32-13-9-27)17-24-22(29)7-6-21-25-19-16-18(4-5-20(19)26(21)3)34(30,31)28-10-14-33-15-11-28/h4-5,16H,6-15,17H2,1-3H3,(H,24,29). The number of hydrogen-bond donors (Lipinski definition) is 1. The molecule has 0 atom stereocenters. The van der Waals surface area contributed by atoms with Gasteiger partial charge in [0, 0.05) is 58.2 Å². The van der Waals surface area contributed by atoms with Gasteiger partial charge in [0.1, 0.15) is 5.82 Å². The topological polar surface area (TPSA) is 106 Å². The molecule has 1 N–H and O–H groups in total. The number of aryl methyl sites for hydroxylation is 2. The smallest absolute Gasteiger partial charge is 0.243 e. The number of hydrogen-bond acceptors (Lipinski definition) is 7. The van der Waals surface area contributed by atoms with Crippen LogP contribution in [0.15, 0.2) is 23.1 Å². The maximum absolute atomic E-state index is 13.0. The van der Waals surface area contributed by atoms with Crippen LogP contribution in [-0.4, -0.2) is 97.8 Å². The maximum atomic E-state index is 13.0. The Labute approximate surface area is 201 Å². The quantitative estimate of drug-likeness (QED) is 0.579. The molecule has 2 fully saturated rings. The van der Waals surface area contributed by atoms with Crippen LogP contribution in [0, 0.1) is 0 Å². The highest BCUT2D eigenvalue weighted by Crippen LogP contribution is 2.23. The van der Waals surface area contributed by atoms with E-state index < -0.39 is 10.0 Å². The summed E-state index contributed by atoms with van der Waals surface area (Å²) in [6.45, 7) is 9.52. The number of nitrogens with one attached hydrogen (secondary N) is 1. The summed E-state index contributed by atoms with van der Waals surface area (Å²) in [6, 6.07) is 5.03. The molecule has 0 saturated carbocycles. The van der Waals surface area contributed by atoms with Gasteiger partial charge in [-0.3, -0.25) is 9.69 Å². The Morgan fingerprint density at radius 3 is 2.41 bits per heavy atom. The molecule has 0 spiro atoms. The lowest BCUT2D eigenvalue weighted by molar-refractivity contribution is -0.121. The number of imidazole rings is 1. The largest absolute Gasteiger partial charge is 0.379 e. The van der Waals surface area contributed by atoms with Crippen molar-refractivity contribution in [2.45, 2.75) is 37.1 Å². The average molecular weight is 494 g/mol. The highest BCUT2D eigenvalue weighted by Gasteiger charge is 2.29. The van der Waals surface area contributed by atoms with Crippen molar-refractivity contribution in [2.24, 2.45) is 7.05 Å². The van der Waals surface area contributed by atoms with Crippen LogP contribution >= 0.6 is 0 Å². The number of carbonyl (C=O) groups is 1. The van der Waals surface area contributed by atoms with E-state index in [0.29, 0.717) is 51.2 Å². The zero-order valence-electron chi connectivity index (χ0n) is 20.2. The molecule has 0 bridgehead atoms. The highest BCUT2D eigenvalue weighted by atomic mass is 32.2. The first-order chi connectivity index (χ1) is 16.2. The number of fused-ring (bicyclic) bond motifs is 1. The minimum Gasteiger partial charge on any atom is -0.379 e. The van der Waals surface area contributed by atoms with E-state index in [4.69, 9.17) is 9.47 Å². The molecule has 1 amide bonds. The number of morpholine rings is 2. The van der Waals surface area contributed by atoms with Gasteiger partial charge in [0.2, 0.25) is 15.9 Å². The average Bonchev–Trinajstić information content (AvgIpc) is 3.17. The second kappa shape index (κ2) is 10.3. The molecule has 188 valence electrons. The van der Waals surface area contributed by atoms with Crippen molar-refractivity contribution < 1.29 is 22.7 Å². The van der Waals surface area contributed by atoms with Crippen molar-refractivity contribution in [1.29, 1.82) is 0 Å². The molecule has 0 unspecified atom stereocenters. The minimum atomic E-state index is -3.59. The number of benzene rings is 1. The third-order valence-corrected chi connectivity index (χ3v) is 8.61. The molecule has 3 heterocycles. The Balaban J connectivity index is 1.38. The molecule has 2 aromatic rings. The van der Waals surface area contributed by atoms with Gasteiger partial charge in [0.15, 0.2) is 0 Å². The van der Waals surface area contributed by atoms with E-state index >= 15 is 0 Å². The van der Waals surface area contributed by atoms with Crippen molar-refractivity contribution >= 4 is 27.0 Å².